The standard InChI is InChI=1S/C13H19N3O3S2/c1-13(2,12(17)15-3)8-16-21(18,19)10-6-4-9(5-7-10)11(14)20/h4-7,16H,8H2,1-3H3,(H2,14,20)(H,15,17). The van der Waals surface area contributed by atoms with Crippen LogP contribution in [0.4, 0.5) is 0 Å². The molecular weight excluding hydrogens is 310 g/mol. The van der Waals surface area contributed by atoms with E-state index < -0.39 is 15.4 Å². The lowest BCUT2D eigenvalue weighted by Crippen LogP contribution is -2.43. The Kier molecular flexibility index (Phi) is 5.43. The summed E-state index contributed by atoms with van der Waals surface area (Å²) in [5, 5.41) is 2.50. The molecule has 1 aromatic carbocycles. The largest absolute Gasteiger partial charge is 0.389 e. The van der Waals surface area contributed by atoms with Crippen molar-refractivity contribution in [2.45, 2.75) is 18.7 Å². The van der Waals surface area contributed by atoms with E-state index in [1.54, 1.807) is 26.0 Å². The summed E-state index contributed by atoms with van der Waals surface area (Å²) in [5.74, 6) is -0.242. The van der Waals surface area contributed by atoms with Crippen LogP contribution in [-0.2, 0) is 14.8 Å². The van der Waals surface area contributed by atoms with Gasteiger partial charge in [-0.2, -0.15) is 0 Å². The second-order valence-electron chi connectivity index (χ2n) is 5.18. The first kappa shape index (κ1) is 17.5. The number of sulfonamides is 1. The topological polar surface area (TPSA) is 101 Å². The highest BCUT2D eigenvalue weighted by Gasteiger charge is 2.28. The molecule has 21 heavy (non-hydrogen) atoms. The van der Waals surface area contributed by atoms with Crippen molar-refractivity contribution >= 4 is 33.1 Å². The minimum atomic E-state index is -3.69. The minimum Gasteiger partial charge on any atom is -0.389 e. The number of thiocarbonyl (C=S) groups is 1. The van der Waals surface area contributed by atoms with Gasteiger partial charge in [-0.15, -0.1) is 0 Å². The molecule has 0 radical (unpaired) electrons. The van der Waals surface area contributed by atoms with Gasteiger partial charge in [-0.1, -0.05) is 24.4 Å². The number of nitrogens with one attached hydrogen (secondary N) is 2. The number of hydrogen-bond donors (Lipinski definition) is 3. The number of carbonyl (C=O) groups excluding carboxylic acids is 1. The molecule has 0 aliphatic carbocycles. The van der Waals surface area contributed by atoms with Crippen LogP contribution in [0.3, 0.4) is 0 Å². The maximum absolute atomic E-state index is 12.2. The summed E-state index contributed by atoms with van der Waals surface area (Å²) in [6.07, 6.45) is 0. The fourth-order valence-corrected chi connectivity index (χ4v) is 2.92. The van der Waals surface area contributed by atoms with Crippen molar-refractivity contribution in [3.8, 4) is 0 Å². The molecule has 0 spiro atoms. The molecule has 4 N–H and O–H groups in total. The Balaban J connectivity index is 2.87. The molecule has 0 aliphatic heterocycles. The van der Waals surface area contributed by atoms with Gasteiger partial charge in [-0.25, -0.2) is 13.1 Å². The molecule has 1 rings (SSSR count). The zero-order valence-electron chi connectivity index (χ0n) is 12.1. The van der Waals surface area contributed by atoms with Crippen molar-refractivity contribution in [1.82, 2.24) is 10.0 Å². The van der Waals surface area contributed by atoms with Crippen molar-refractivity contribution in [3.63, 3.8) is 0 Å². The summed E-state index contributed by atoms with van der Waals surface area (Å²) in [5.41, 5.74) is 5.20. The molecule has 0 aromatic heterocycles. The number of nitrogens with two attached hydrogens (primary N) is 1. The van der Waals surface area contributed by atoms with Crippen LogP contribution in [-0.4, -0.2) is 32.9 Å². The fraction of sp³-hybridized carbons (Fsp3) is 0.385. The predicted octanol–water partition coefficient (Wildman–Crippen LogP) is 0.371. The monoisotopic (exact) mass is 329 g/mol. The molecule has 6 nitrogen and oxygen atoms in total. The summed E-state index contributed by atoms with van der Waals surface area (Å²) < 4.78 is 26.8. The Morgan fingerprint density at radius 1 is 1.29 bits per heavy atom. The first-order valence-corrected chi connectivity index (χ1v) is 8.11. The van der Waals surface area contributed by atoms with Gasteiger partial charge in [0.25, 0.3) is 0 Å². The minimum absolute atomic E-state index is 0.00788. The third-order valence-corrected chi connectivity index (χ3v) is 4.65. The maximum atomic E-state index is 12.2. The molecule has 0 saturated carbocycles. The van der Waals surface area contributed by atoms with E-state index in [9.17, 15) is 13.2 Å². The second-order valence-corrected chi connectivity index (χ2v) is 7.38. The lowest BCUT2D eigenvalue weighted by Gasteiger charge is -2.22. The molecule has 0 unspecified atom stereocenters. The highest BCUT2D eigenvalue weighted by molar-refractivity contribution is 7.89. The van der Waals surface area contributed by atoms with Gasteiger partial charge in [0.2, 0.25) is 15.9 Å². The predicted molar refractivity (Wildman–Crippen MR) is 85.4 cm³/mol. The third-order valence-electron chi connectivity index (χ3n) is 3.00. The van der Waals surface area contributed by atoms with Crippen molar-refractivity contribution in [2.24, 2.45) is 11.1 Å². The Morgan fingerprint density at radius 3 is 2.24 bits per heavy atom. The highest BCUT2D eigenvalue weighted by Crippen LogP contribution is 2.16. The SMILES string of the molecule is CNC(=O)C(C)(C)CNS(=O)(=O)c1ccc(C(N)=S)cc1. The Bertz CT molecular complexity index is 637. The van der Waals surface area contributed by atoms with Crippen LogP contribution in [0.25, 0.3) is 0 Å². The fourth-order valence-electron chi connectivity index (χ4n) is 1.58. The molecule has 116 valence electrons. The van der Waals surface area contributed by atoms with E-state index in [4.69, 9.17) is 18.0 Å². The van der Waals surface area contributed by atoms with Gasteiger partial charge in [0.15, 0.2) is 0 Å². The van der Waals surface area contributed by atoms with E-state index in [-0.39, 0.29) is 22.3 Å². The molecule has 0 fully saturated rings. The lowest BCUT2D eigenvalue weighted by atomic mass is 9.93. The molecule has 8 heteroatoms. The summed E-state index contributed by atoms with van der Waals surface area (Å²) in [6.45, 7) is 3.31. The van der Waals surface area contributed by atoms with Gasteiger partial charge >= 0.3 is 0 Å². The van der Waals surface area contributed by atoms with Crippen LogP contribution in [0.15, 0.2) is 29.2 Å². The summed E-state index contributed by atoms with van der Waals surface area (Å²) >= 11 is 4.81. The Hall–Kier alpha value is -1.51. The zero-order valence-corrected chi connectivity index (χ0v) is 13.8. The van der Waals surface area contributed by atoms with Crippen LogP contribution >= 0.6 is 12.2 Å². The number of benzene rings is 1. The third kappa shape index (κ3) is 4.48. The van der Waals surface area contributed by atoms with Crippen molar-refractivity contribution < 1.29 is 13.2 Å². The van der Waals surface area contributed by atoms with Gasteiger partial charge in [-0.3, -0.25) is 4.79 Å². The van der Waals surface area contributed by atoms with Crippen LogP contribution in [0.5, 0.6) is 0 Å². The number of carbonyl (C=O) groups is 1. The normalized spacial score (nSPS) is 12.0. The van der Waals surface area contributed by atoms with E-state index in [0.717, 1.165) is 0 Å². The van der Waals surface area contributed by atoms with E-state index >= 15 is 0 Å². The second kappa shape index (κ2) is 6.50. The summed E-state index contributed by atoms with van der Waals surface area (Å²) in [4.78, 5) is 11.9. The summed E-state index contributed by atoms with van der Waals surface area (Å²) in [7, 11) is -2.18. The molecule has 0 bridgehead atoms. The maximum Gasteiger partial charge on any atom is 0.240 e. The van der Waals surface area contributed by atoms with Crippen molar-refractivity contribution in [2.75, 3.05) is 13.6 Å². The molecule has 0 atom stereocenters. The van der Waals surface area contributed by atoms with Crippen LogP contribution in [0.1, 0.15) is 19.4 Å². The number of rotatable bonds is 6. The van der Waals surface area contributed by atoms with Crippen molar-refractivity contribution in [3.05, 3.63) is 29.8 Å². The zero-order chi connectivity index (χ0) is 16.3. The van der Waals surface area contributed by atoms with Crippen LogP contribution in [0.2, 0.25) is 0 Å². The van der Waals surface area contributed by atoms with E-state index in [1.807, 2.05) is 0 Å². The molecule has 0 saturated heterocycles. The number of amides is 1. The van der Waals surface area contributed by atoms with Gasteiger partial charge in [0.05, 0.1) is 10.3 Å². The van der Waals surface area contributed by atoms with Gasteiger partial charge < -0.3 is 11.1 Å². The Morgan fingerprint density at radius 2 is 1.81 bits per heavy atom. The quantitative estimate of drug-likeness (QED) is 0.655. The Labute approximate surface area is 130 Å². The average molecular weight is 329 g/mol. The first-order chi connectivity index (χ1) is 9.60. The molecule has 1 aromatic rings. The van der Waals surface area contributed by atoms with E-state index in [0.29, 0.717) is 5.56 Å². The molecular formula is C13H19N3O3S2. The van der Waals surface area contributed by atoms with Gasteiger partial charge in [-0.05, 0) is 26.0 Å². The van der Waals surface area contributed by atoms with Crippen LogP contribution in [0, 0.1) is 5.41 Å². The van der Waals surface area contributed by atoms with Crippen LogP contribution < -0.4 is 15.8 Å². The summed E-state index contributed by atoms with van der Waals surface area (Å²) in [6, 6.07) is 5.93. The van der Waals surface area contributed by atoms with Gasteiger partial charge in [0, 0.05) is 19.2 Å². The van der Waals surface area contributed by atoms with E-state index in [2.05, 4.69) is 10.0 Å². The molecule has 0 heterocycles. The smallest absolute Gasteiger partial charge is 0.240 e. The van der Waals surface area contributed by atoms with Crippen molar-refractivity contribution in [1.29, 1.82) is 0 Å². The van der Waals surface area contributed by atoms with Gasteiger partial charge in [0.1, 0.15) is 4.99 Å². The average Bonchev–Trinajstić information content (AvgIpc) is 2.44. The lowest BCUT2D eigenvalue weighted by molar-refractivity contribution is -0.128. The number of hydrogen-bond acceptors (Lipinski definition) is 4. The molecule has 0 aliphatic rings. The first-order valence-electron chi connectivity index (χ1n) is 6.22. The van der Waals surface area contributed by atoms with E-state index in [1.165, 1.54) is 19.2 Å². The highest BCUT2D eigenvalue weighted by atomic mass is 32.2. The molecule has 1 amide bonds.